The molecule has 40 heavy (non-hydrogen) atoms. The molecule has 0 atom stereocenters. The monoisotopic (exact) mass is 520 g/mol. The van der Waals surface area contributed by atoms with E-state index in [-0.39, 0.29) is 45.7 Å². The van der Waals surface area contributed by atoms with E-state index in [2.05, 4.69) is 0 Å². The average Bonchev–Trinajstić information content (AvgIpc) is 3.02. The van der Waals surface area contributed by atoms with Crippen molar-refractivity contribution >= 4 is 45.7 Å². The van der Waals surface area contributed by atoms with Crippen LogP contribution in [0.25, 0.3) is 0 Å². The summed E-state index contributed by atoms with van der Waals surface area (Å²) >= 11 is 0. The SMILES string of the molecule is N=C1C(=N)c2ccc(cc2)C(=N)C(=N)c2ccc(cc2)C(=N)C(=N)c2ccc(cc2)C(=N)C(=N)c2ccc1cc2. The Balaban J connectivity index is 1.56. The molecule has 0 fully saturated rings. The fourth-order valence-electron chi connectivity index (χ4n) is 4.37. The van der Waals surface area contributed by atoms with Crippen molar-refractivity contribution in [1.29, 1.82) is 43.3 Å². The Hall–Kier alpha value is -5.76. The van der Waals surface area contributed by atoms with Crippen LogP contribution in [-0.2, 0) is 0 Å². The van der Waals surface area contributed by atoms with Crippen LogP contribution in [-0.4, -0.2) is 45.7 Å². The molecule has 7 aliphatic carbocycles. The van der Waals surface area contributed by atoms with E-state index < -0.39 is 0 Å². The highest BCUT2D eigenvalue weighted by Gasteiger charge is 2.17. The van der Waals surface area contributed by atoms with Crippen molar-refractivity contribution in [3.8, 4) is 0 Å². The molecule has 0 aromatic heterocycles. The molecule has 0 heterocycles. The summed E-state index contributed by atoms with van der Waals surface area (Å²) in [6.07, 6.45) is 0. The maximum absolute atomic E-state index is 8.53. The second-order valence-electron chi connectivity index (χ2n) is 9.31. The summed E-state index contributed by atoms with van der Waals surface area (Å²) in [6.45, 7) is 0. The zero-order valence-corrected chi connectivity index (χ0v) is 21.2. The summed E-state index contributed by atoms with van der Waals surface area (Å²) < 4.78 is 0. The molecule has 8 nitrogen and oxygen atoms in total. The third kappa shape index (κ3) is 4.65. The fraction of sp³-hybridized carbons (Fsp3) is 0. The van der Waals surface area contributed by atoms with Gasteiger partial charge in [-0.05, 0) is 0 Å². The van der Waals surface area contributed by atoms with Gasteiger partial charge < -0.3 is 0 Å². The minimum atomic E-state index is 0.00174. The van der Waals surface area contributed by atoms with Crippen molar-refractivity contribution < 1.29 is 0 Å². The average molecular weight is 521 g/mol. The summed E-state index contributed by atoms with van der Waals surface area (Å²) in [7, 11) is 0. The quantitative estimate of drug-likeness (QED) is 0.140. The molecular formula is C32H24N8. The van der Waals surface area contributed by atoms with E-state index in [0.29, 0.717) is 44.5 Å². The molecule has 8 bridgehead atoms. The van der Waals surface area contributed by atoms with Crippen LogP contribution >= 0.6 is 0 Å². The van der Waals surface area contributed by atoms with Gasteiger partial charge in [-0.15, -0.1) is 0 Å². The molecular weight excluding hydrogens is 496 g/mol. The molecule has 0 unspecified atom stereocenters. The number of rotatable bonds is 0. The van der Waals surface area contributed by atoms with Gasteiger partial charge in [-0.1, -0.05) is 97.1 Å². The number of benzene rings is 4. The Labute approximate surface area is 230 Å². The van der Waals surface area contributed by atoms with Gasteiger partial charge in [0.1, 0.15) is 0 Å². The van der Waals surface area contributed by atoms with Gasteiger partial charge in [0.05, 0.1) is 45.7 Å². The maximum Gasteiger partial charge on any atom is 0.0867 e. The predicted molar refractivity (Wildman–Crippen MR) is 160 cm³/mol. The summed E-state index contributed by atoms with van der Waals surface area (Å²) in [5.41, 5.74) is 3.98. The first-order valence-corrected chi connectivity index (χ1v) is 12.3. The Bertz CT molecular complexity index is 1370. The first-order valence-electron chi connectivity index (χ1n) is 12.3. The van der Waals surface area contributed by atoms with E-state index in [1.807, 2.05) is 0 Å². The van der Waals surface area contributed by atoms with Crippen LogP contribution < -0.4 is 0 Å². The lowest BCUT2D eigenvalue weighted by Gasteiger charge is -2.12. The molecule has 8 heteroatoms. The molecule has 4 aromatic rings. The molecule has 0 spiro atoms. The van der Waals surface area contributed by atoms with Gasteiger partial charge in [-0.2, -0.15) is 0 Å². The fourth-order valence-corrected chi connectivity index (χ4v) is 4.37. The third-order valence-corrected chi connectivity index (χ3v) is 6.85. The van der Waals surface area contributed by atoms with E-state index in [1.54, 1.807) is 97.1 Å². The summed E-state index contributed by atoms with van der Waals surface area (Å²) in [5.74, 6) is 0. The zero-order valence-electron chi connectivity index (χ0n) is 21.2. The third-order valence-electron chi connectivity index (χ3n) is 6.85. The van der Waals surface area contributed by atoms with Crippen molar-refractivity contribution in [1.82, 2.24) is 0 Å². The molecule has 0 aliphatic heterocycles. The smallest absolute Gasteiger partial charge is 0.0867 e. The highest BCUT2D eigenvalue weighted by atomic mass is 14.6. The molecule has 0 amide bonds. The van der Waals surface area contributed by atoms with Crippen LogP contribution in [0.3, 0.4) is 0 Å². The maximum atomic E-state index is 8.53. The van der Waals surface area contributed by atoms with Crippen LogP contribution in [0.15, 0.2) is 97.1 Å². The van der Waals surface area contributed by atoms with Gasteiger partial charge in [-0.25, -0.2) is 0 Å². The number of hydrogen-bond acceptors (Lipinski definition) is 8. The van der Waals surface area contributed by atoms with Crippen molar-refractivity contribution in [2.24, 2.45) is 0 Å². The molecule has 11 rings (SSSR count). The van der Waals surface area contributed by atoms with Crippen LogP contribution in [0.2, 0.25) is 0 Å². The normalized spacial score (nSPS) is 14.4. The highest BCUT2D eigenvalue weighted by molar-refractivity contribution is 6.54. The minimum absolute atomic E-state index is 0.00174. The molecule has 0 radical (unpaired) electrons. The minimum Gasteiger partial charge on any atom is -0.298 e. The van der Waals surface area contributed by atoms with Gasteiger partial charge in [0.25, 0.3) is 0 Å². The van der Waals surface area contributed by atoms with E-state index in [4.69, 9.17) is 43.3 Å². The Kier molecular flexibility index (Phi) is 6.59. The number of hydrogen-bond donors (Lipinski definition) is 8. The summed E-state index contributed by atoms with van der Waals surface area (Å²) in [5, 5.41) is 68.3. The van der Waals surface area contributed by atoms with E-state index in [0.717, 1.165) is 0 Å². The molecule has 4 aromatic carbocycles. The lowest BCUT2D eigenvalue weighted by Crippen LogP contribution is -2.19. The summed E-state index contributed by atoms with van der Waals surface area (Å²) in [4.78, 5) is 0. The first kappa shape index (κ1) is 25.9. The molecule has 192 valence electrons. The Morgan fingerprint density at radius 2 is 0.250 bits per heavy atom. The van der Waals surface area contributed by atoms with Gasteiger partial charge >= 0.3 is 0 Å². The second-order valence-corrected chi connectivity index (χ2v) is 9.31. The van der Waals surface area contributed by atoms with Gasteiger partial charge in [0.15, 0.2) is 0 Å². The Morgan fingerprint density at radius 1 is 0.175 bits per heavy atom. The molecule has 0 saturated carbocycles. The summed E-state index contributed by atoms with van der Waals surface area (Å²) in [6, 6.07) is 26.4. The van der Waals surface area contributed by atoms with Gasteiger partial charge in [0, 0.05) is 44.5 Å². The van der Waals surface area contributed by atoms with Crippen LogP contribution in [0.1, 0.15) is 44.5 Å². The lowest BCUT2D eigenvalue weighted by molar-refractivity contribution is 1.42. The van der Waals surface area contributed by atoms with E-state index in [9.17, 15) is 0 Å². The largest absolute Gasteiger partial charge is 0.298 e. The van der Waals surface area contributed by atoms with Gasteiger partial charge in [0.2, 0.25) is 0 Å². The van der Waals surface area contributed by atoms with Crippen molar-refractivity contribution in [3.63, 3.8) is 0 Å². The van der Waals surface area contributed by atoms with E-state index >= 15 is 0 Å². The van der Waals surface area contributed by atoms with Crippen LogP contribution in [0.4, 0.5) is 0 Å². The Morgan fingerprint density at radius 3 is 0.325 bits per heavy atom. The van der Waals surface area contributed by atoms with Crippen LogP contribution in [0, 0.1) is 43.3 Å². The molecule has 0 saturated heterocycles. The molecule has 7 aliphatic rings. The molecule has 8 N–H and O–H groups in total. The van der Waals surface area contributed by atoms with Gasteiger partial charge in [-0.3, -0.25) is 43.3 Å². The van der Waals surface area contributed by atoms with Crippen molar-refractivity contribution in [3.05, 3.63) is 142 Å². The van der Waals surface area contributed by atoms with Crippen molar-refractivity contribution in [2.75, 3.05) is 0 Å². The number of nitrogens with one attached hydrogen (secondary N) is 8. The van der Waals surface area contributed by atoms with E-state index in [1.165, 1.54) is 0 Å². The standard InChI is InChI=1S/C32H24N8/c33-25-17-1-2-18(4-3-17)26(34)28(36)20-9-11-22(12-10-20)30(38)32(40)24-15-13-23(14-16-24)31(39)29(37)21-7-5-19(6-8-21)27(25)35/h1-16,33-40H. The van der Waals surface area contributed by atoms with Crippen LogP contribution in [0.5, 0.6) is 0 Å². The predicted octanol–water partition coefficient (Wildman–Crippen LogP) is 5.74. The first-order chi connectivity index (χ1) is 19.2. The zero-order chi connectivity index (χ0) is 28.6. The highest BCUT2D eigenvalue weighted by Crippen LogP contribution is 2.17. The van der Waals surface area contributed by atoms with Crippen molar-refractivity contribution in [2.45, 2.75) is 0 Å². The topological polar surface area (TPSA) is 191 Å². The lowest BCUT2D eigenvalue weighted by atomic mass is 9.93. The second kappa shape index (κ2) is 10.2.